The predicted octanol–water partition coefficient (Wildman–Crippen LogP) is 1.51. The van der Waals surface area contributed by atoms with Gasteiger partial charge < -0.3 is 10.6 Å². The second kappa shape index (κ2) is 4.09. The lowest BCUT2D eigenvalue weighted by molar-refractivity contribution is 0.595. The van der Waals surface area contributed by atoms with Crippen molar-refractivity contribution in [2.75, 3.05) is 24.2 Å². The molecule has 3 rings (SSSR count). The summed E-state index contributed by atoms with van der Waals surface area (Å²) >= 11 is 1.20. The Morgan fingerprint density at radius 1 is 1.39 bits per heavy atom. The summed E-state index contributed by atoms with van der Waals surface area (Å²) in [4.78, 5) is 2.28. The Morgan fingerprint density at radius 3 is 2.61 bits per heavy atom. The van der Waals surface area contributed by atoms with Crippen LogP contribution in [0.5, 0.6) is 0 Å². The van der Waals surface area contributed by atoms with E-state index in [0.717, 1.165) is 19.4 Å². The van der Waals surface area contributed by atoms with E-state index in [1.54, 1.807) is 0 Å². The van der Waals surface area contributed by atoms with Gasteiger partial charge in [-0.3, -0.25) is 0 Å². The van der Waals surface area contributed by atoms with Gasteiger partial charge in [0.1, 0.15) is 9.90 Å². The van der Waals surface area contributed by atoms with Crippen LogP contribution in [0.15, 0.2) is 4.90 Å². The summed E-state index contributed by atoms with van der Waals surface area (Å²) in [5.41, 5.74) is 5.77. The summed E-state index contributed by atoms with van der Waals surface area (Å²) in [5, 5.41) is 0.482. The lowest BCUT2D eigenvalue weighted by Gasteiger charge is -2.18. The van der Waals surface area contributed by atoms with Gasteiger partial charge in [-0.2, -0.15) is 4.37 Å². The molecule has 7 heteroatoms. The van der Waals surface area contributed by atoms with E-state index in [-0.39, 0.29) is 16.0 Å². The van der Waals surface area contributed by atoms with Gasteiger partial charge in [0.2, 0.25) is 0 Å². The van der Waals surface area contributed by atoms with Gasteiger partial charge in [-0.1, -0.05) is 0 Å². The number of nitrogens with two attached hydrogens (primary N) is 1. The molecule has 0 amide bonds. The molecule has 0 atom stereocenters. The minimum Gasteiger partial charge on any atom is -0.382 e. The lowest BCUT2D eigenvalue weighted by atomic mass is 10.4. The van der Waals surface area contributed by atoms with Crippen molar-refractivity contribution in [3.05, 3.63) is 0 Å². The summed E-state index contributed by atoms with van der Waals surface area (Å²) in [6.07, 6.45) is 3.99. The maximum Gasteiger partial charge on any atom is 0.187 e. The zero-order valence-electron chi connectivity index (χ0n) is 10.3. The normalized spacial score (nSPS) is 20.1. The van der Waals surface area contributed by atoms with Crippen molar-refractivity contribution in [3.63, 3.8) is 0 Å². The number of aromatic nitrogens is 1. The molecule has 0 saturated heterocycles. The quantitative estimate of drug-likeness (QED) is 0.888. The number of hydrogen-bond donors (Lipinski definition) is 1. The molecule has 2 N–H and O–H groups in total. The van der Waals surface area contributed by atoms with Gasteiger partial charge in [-0.15, -0.1) is 0 Å². The molecule has 18 heavy (non-hydrogen) atoms. The molecule has 2 fully saturated rings. The number of rotatable bonds is 5. The summed E-state index contributed by atoms with van der Waals surface area (Å²) in [6, 6.07) is 0. The molecule has 2 saturated carbocycles. The summed E-state index contributed by atoms with van der Waals surface area (Å²) in [6.45, 7) is 0.898. The fourth-order valence-corrected chi connectivity index (χ4v) is 5.13. The molecular weight excluding hydrogens is 270 g/mol. The van der Waals surface area contributed by atoms with E-state index >= 15 is 0 Å². The Hall–Kier alpha value is -0.820. The van der Waals surface area contributed by atoms with Crippen LogP contribution < -0.4 is 10.6 Å². The van der Waals surface area contributed by atoms with Crippen LogP contribution in [0.3, 0.4) is 0 Å². The number of nitrogen functional groups attached to an aromatic ring is 1. The molecular formula is C11H17N3O2S2. The van der Waals surface area contributed by atoms with Crippen molar-refractivity contribution < 1.29 is 8.42 Å². The molecule has 0 spiro atoms. The van der Waals surface area contributed by atoms with E-state index in [2.05, 4.69) is 4.37 Å². The molecule has 5 nitrogen and oxygen atoms in total. The Morgan fingerprint density at radius 2 is 2.06 bits per heavy atom. The Bertz CT molecular complexity index is 559. The third kappa shape index (κ3) is 2.09. The Kier molecular flexibility index (Phi) is 2.78. The van der Waals surface area contributed by atoms with Crippen molar-refractivity contribution in [3.8, 4) is 0 Å². The largest absolute Gasteiger partial charge is 0.382 e. The molecule has 2 aliphatic carbocycles. The number of sulfone groups is 1. The number of anilines is 2. The number of nitrogens with zero attached hydrogens (tertiary/aromatic N) is 2. The first-order valence-electron chi connectivity index (χ1n) is 6.20. The van der Waals surface area contributed by atoms with Crippen molar-refractivity contribution in [1.82, 2.24) is 4.37 Å². The third-order valence-corrected chi connectivity index (χ3v) is 6.91. The fraction of sp³-hybridized carbons (Fsp3) is 0.727. The van der Waals surface area contributed by atoms with E-state index in [9.17, 15) is 8.42 Å². The maximum atomic E-state index is 12.4. The summed E-state index contributed by atoms with van der Waals surface area (Å²) in [5.74, 6) is 0.874. The second-order valence-electron chi connectivity index (χ2n) is 5.27. The van der Waals surface area contributed by atoms with Gasteiger partial charge in [-0.25, -0.2) is 8.42 Å². The van der Waals surface area contributed by atoms with E-state index in [1.807, 2.05) is 11.9 Å². The lowest BCUT2D eigenvalue weighted by Crippen LogP contribution is -2.22. The van der Waals surface area contributed by atoms with Crippen molar-refractivity contribution in [2.24, 2.45) is 5.92 Å². The fourth-order valence-electron chi connectivity index (χ4n) is 2.11. The van der Waals surface area contributed by atoms with Gasteiger partial charge in [0.25, 0.3) is 0 Å². The topological polar surface area (TPSA) is 76.3 Å². The van der Waals surface area contributed by atoms with E-state index in [1.165, 1.54) is 24.4 Å². The molecule has 1 aromatic rings. The molecule has 0 unspecified atom stereocenters. The van der Waals surface area contributed by atoms with Crippen LogP contribution in [-0.4, -0.2) is 31.6 Å². The highest BCUT2D eigenvalue weighted by Gasteiger charge is 2.41. The molecule has 0 bridgehead atoms. The zero-order chi connectivity index (χ0) is 12.9. The standard InChI is InChI=1S/C11H17N3O2S2/c1-14(6-7-2-3-7)11-9(10(12)13-17-11)18(15,16)8-4-5-8/h7-8H,2-6H2,1H3,(H2,12,13). The first-order valence-corrected chi connectivity index (χ1v) is 8.52. The average molecular weight is 287 g/mol. The van der Waals surface area contributed by atoms with E-state index in [0.29, 0.717) is 10.9 Å². The molecule has 0 radical (unpaired) electrons. The van der Waals surface area contributed by atoms with E-state index in [4.69, 9.17) is 5.73 Å². The summed E-state index contributed by atoms with van der Waals surface area (Å²) in [7, 11) is -1.34. The third-order valence-electron chi connectivity index (χ3n) is 3.48. The van der Waals surface area contributed by atoms with Crippen molar-refractivity contribution >= 4 is 32.2 Å². The predicted molar refractivity (Wildman–Crippen MR) is 72.7 cm³/mol. The van der Waals surface area contributed by atoms with Crippen LogP contribution in [0.4, 0.5) is 10.8 Å². The Labute approximate surface area is 111 Å². The molecule has 100 valence electrons. The zero-order valence-corrected chi connectivity index (χ0v) is 11.9. The highest BCUT2D eigenvalue weighted by Crippen LogP contribution is 2.43. The van der Waals surface area contributed by atoms with Crippen LogP contribution >= 0.6 is 11.5 Å². The van der Waals surface area contributed by atoms with Crippen molar-refractivity contribution in [2.45, 2.75) is 35.8 Å². The highest BCUT2D eigenvalue weighted by molar-refractivity contribution is 7.92. The van der Waals surface area contributed by atoms with Gasteiger partial charge in [0.15, 0.2) is 15.7 Å². The first kappa shape index (κ1) is 12.2. The second-order valence-corrected chi connectivity index (χ2v) is 8.19. The van der Waals surface area contributed by atoms with Crippen LogP contribution in [0, 0.1) is 5.92 Å². The van der Waals surface area contributed by atoms with Gasteiger partial charge >= 0.3 is 0 Å². The van der Waals surface area contributed by atoms with Gasteiger partial charge in [-0.05, 0) is 43.1 Å². The Balaban J connectivity index is 1.94. The SMILES string of the molecule is CN(CC1CC1)c1snc(N)c1S(=O)(=O)C1CC1. The van der Waals surface area contributed by atoms with E-state index < -0.39 is 9.84 Å². The highest BCUT2D eigenvalue weighted by atomic mass is 32.2. The molecule has 1 aromatic heterocycles. The van der Waals surface area contributed by atoms with Gasteiger partial charge in [0.05, 0.1) is 5.25 Å². The molecule has 0 aliphatic heterocycles. The first-order chi connectivity index (χ1) is 8.50. The van der Waals surface area contributed by atoms with Crippen LogP contribution in [0.25, 0.3) is 0 Å². The maximum absolute atomic E-state index is 12.4. The smallest absolute Gasteiger partial charge is 0.187 e. The van der Waals surface area contributed by atoms with Crippen LogP contribution in [0.1, 0.15) is 25.7 Å². The summed E-state index contributed by atoms with van der Waals surface area (Å²) < 4.78 is 28.8. The monoisotopic (exact) mass is 287 g/mol. The average Bonchev–Trinajstić information content (AvgIpc) is 3.16. The van der Waals surface area contributed by atoms with Gasteiger partial charge in [0, 0.05) is 13.6 Å². The molecule has 2 aliphatic rings. The number of hydrogen-bond acceptors (Lipinski definition) is 6. The minimum atomic E-state index is -3.26. The molecule has 0 aromatic carbocycles. The van der Waals surface area contributed by atoms with Crippen LogP contribution in [-0.2, 0) is 9.84 Å². The molecule has 1 heterocycles. The van der Waals surface area contributed by atoms with Crippen LogP contribution in [0.2, 0.25) is 0 Å². The van der Waals surface area contributed by atoms with Crippen molar-refractivity contribution in [1.29, 1.82) is 0 Å². The minimum absolute atomic E-state index is 0.171.